The highest BCUT2D eigenvalue weighted by molar-refractivity contribution is 5.80. The molecule has 4 unspecified atom stereocenters. The molecule has 2 saturated carbocycles. The van der Waals surface area contributed by atoms with Crippen LogP contribution in [0.15, 0.2) is 35.3 Å². The molecule has 3 fully saturated rings. The maximum atomic E-state index is 6.02. The molecule has 136 valence electrons. The van der Waals surface area contributed by atoms with Gasteiger partial charge in [-0.05, 0) is 44.6 Å². The SMILES string of the molecule is CN=C(NC(C)CCc1ccccc1)NC1C2CCOC2C12CCC2. The largest absolute Gasteiger partial charge is 0.377 e. The Kier molecular flexibility index (Phi) is 4.72. The summed E-state index contributed by atoms with van der Waals surface area (Å²) < 4.78 is 6.02. The van der Waals surface area contributed by atoms with Crippen LogP contribution < -0.4 is 10.6 Å². The Bertz CT molecular complexity index is 611. The third kappa shape index (κ3) is 3.05. The minimum Gasteiger partial charge on any atom is -0.377 e. The molecule has 4 nitrogen and oxygen atoms in total. The van der Waals surface area contributed by atoms with Crippen molar-refractivity contribution >= 4 is 5.96 Å². The van der Waals surface area contributed by atoms with E-state index in [1.807, 2.05) is 7.05 Å². The van der Waals surface area contributed by atoms with Gasteiger partial charge in [0.1, 0.15) is 0 Å². The number of guanidine groups is 1. The summed E-state index contributed by atoms with van der Waals surface area (Å²) in [5.41, 5.74) is 1.80. The molecule has 1 heterocycles. The molecule has 25 heavy (non-hydrogen) atoms. The molecule has 3 aliphatic rings. The van der Waals surface area contributed by atoms with E-state index in [1.54, 1.807) is 0 Å². The van der Waals surface area contributed by atoms with Crippen LogP contribution in [-0.4, -0.2) is 37.8 Å². The molecule has 4 atom stereocenters. The van der Waals surface area contributed by atoms with Gasteiger partial charge in [0.15, 0.2) is 5.96 Å². The molecule has 1 aromatic carbocycles. The van der Waals surface area contributed by atoms with E-state index in [2.05, 4.69) is 52.9 Å². The van der Waals surface area contributed by atoms with Gasteiger partial charge in [-0.2, -0.15) is 0 Å². The normalized spacial score (nSPS) is 31.0. The predicted molar refractivity (Wildman–Crippen MR) is 102 cm³/mol. The summed E-state index contributed by atoms with van der Waals surface area (Å²) in [5, 5.41) is 7.36. The van der Waals surface area contributed by atoms with Crippen molar-refractivity contribution in [3.8, 4) is 0 Å². The zero-order chi connectivity index (χ0) is 17.3. The fourth-order valence-corrected chi connectivity index (χ4v) is 5.11. The van der Waals surface area contributed by atoms with Crippen LogP contribution in [0.2, 0.25) is 0 Å². The van der Waals surface area contributed by atoms with Crippen molar-refractivity contribution in [3.63, 3.8) is 0 Å². The fourth-order valence-electron chi connectivity index (χ4n) is 5.11. The molecule has 0 amide bonds. The Labute approximate surface area is 151 Å². The number of ether oxygens (including phenoxy) is 1. The average Bonchev–Trinajstić information content (AvgIpc) is 3.01. The standard InChI is InChI=1S/C21H31N3O/c1-15(9-10-16-7-4-3-5-8-16)23-20(22-2)24-18-17-11-14-25-19(17)21(18)12-6-13-21/h3-5,7-8,15,17-19H,6,9-14H2,1-2H3,(H2,22,23,24). The molecule has 0 aromatic heterocycles. The Balaban J connectivity index is 1.30. The Hall–Kier alpha value is -1.55. The molecule has 2 aliphatic carbocycles. The van der Waals surface area contributed by atoms with Gasteiger partial charge in [0, 0.05) is 37.1 Å². The molecule has 0 radical (unpaired) electrons. The first-order valence-corrected chi connectivity index (χ1v) is 9.88. The number of fused-ring (bicyclic) bond motifs is 2. The van der Waals surface area contributed by atoms with Gasteiger partial charge < -0.3 is 15.4 Å². The first-order chi connectivity index (χ1) is 12.2. The number of rotatable bonds is 5. The van der Waals surface area contributed by atoms with Crippen molar-refractivity contribution in [2.75, 3.05) is 13.7 Å². The summed E-state index contributed by atoms with van der Waals surface area (Å²) in [6.45, 7) is 3.19. The number of hydrogen-bond donors (Lipinski definition) is 2. The van der Waals surface area contributed by atoms with Crippen LogP contribution in [0.1, 0.15) is 44.6 Å². The van der Waals surface area contributed by atoms with Gasteiger partial charge in [0.05, 0.1) is 6.10 Å². The molecule has 1 aromatic rings. The van der Waals surface area contributed by atoms with Crippen LogP contribution >= 0.6 is 0 Å². The summed E-state index contributed by atoms with van der Waals surface area (Å²) in [6.07, 6.45) is 7.88. The Morgan fingerprint density at radius 2 is 2.12 bits per heavy atom. The minimum absolute atomic E-state index is 0.395. The van der Waals surface area contributed by atoms with Crippen molar-refractivity contribution in [1.29, 1.82) is 0 Å². The lowest BCUT2D eigenvalue weighted by Crippen LogP contribution is -2.72. The highest BCUT2D eigenvalue weighted by Gasteiger charge is 2.66. The summed E-state index contributed by atoms with van der Waals surface area (Å²) in [5.74, 6) is 1.64. The summed E-state index contributed by atoms with van der Waals surface area (Å²) >= 11 is 0. The average molecular weight is 341 g/mol. The summed E-state index contributed by atoms with van der Waals surface area (Å²) in [4.78, 5) is 4.50. The lowest BCUT2D eigenvalue weighted by molar-refractivity contribution is -0.171. The van der Waals surface area contributed by atoms with Crippen molar-refractivity contribution in [2.24, 2.45) is 16.3 Å². The van der Waals surface area contributed by atoms with Gasteiger partial charge in [-0.25, -0.2) is 0 Å². The monoisotopic (exact) mass is 341 g/mol. The zero-order valence-electron chi connectivity index (χ0n) is 15.5. The van der Waals surface area contributed by atoms with E-state index in [0.717, 1.165) is 25.4 Å². The van der Waals surface area contributed by atoms with Gasteiger partial charge in [-0.3, -0.25) is 4.99 Å². The van der Waals surface area contributed by atoms with Crippen LogP contribution in [0.3, 0.4) is 0 Å². The third-order valence-corrected chi connectivity index (χ3v) is 6.64. The second kappa shape index (κ2) is 6.99. The number of nitrogens with one attached hydrogen (secondary N) is 2. The van der Waals surface area contributed by atoms with E-state index in [9.17, 15) is 0 Å². The Morgan fingerprint density at radius 1 is 1.32 bits per heavy atom. The molecular formula is C21H31N3O. The highest BCUT2D eigenvalue weighted by atomic mass is 16.5. The van der Waals surface area contributed by atoms with Crippen LogP contribution in [0.25, 0.3) is 0 Å². The van der Waals surface area contributed by atoms with E-state index < -0.39 is 0 Å². The molecular weight excluding hydrogens is 310 g/mol. The molecule has 2 N–H and O–H groups in total. The lowest BCUT2D eigenvalue weighted by Gasteiger charge is -2.63. The predicted octanol–water partition coefficient (Wildman–Crippen LogP) is 3.13. The van der Waals surface area contributed by atoms with Crippen molar-refractivity contribution < 1.29 is 4.74 Å². The van der Waals surface area contributed by atoms with Crippen molar-refractivity contribution in [3.05, 3.63) is 35.9 Å². The minimum atomic E-state index is 0.395. The molecule has 0 bridgehead atoms. The summed E-state index contributed by atoms with van der Waals surface area (Å²) in [7, 11) is 1.88. The third-order valence-electron chi connectivity index (χ3n) is 6.64. The summed E-state index contributed by atoms with van der Waals surface area (Å²) in [6, 6.07) is 11.7. The Morgan fingerprint density at radius 3 is 2.80 bits per heavy atom. The second-order valence-electron chi connectivity index (χ2n) is 8.09. The second-order valence-corrected chi connectivity index (χ2v) is 8.09. The zero-order valence-corrected chi connectivity index (χ0v) is 15.5. The number of nitrogens with zero attached hydrogens (tertiary/aromatic N) is 1. The number of aliphatic imine (C=N–C) groups is 1. The van der Waals surface area contributed by atoms with Gasteiger partial charge in [-0.15, -0.1) is 0 Å². The van der Waals surface area contributed by atoms with E-state index in [4.69, 9.17) is 4.74 Å². The highest BCUT2D eigenvalue weighted by Crippen LogP contribution is 2.62. The first-order valence-electron chi connectivity index (χ1n) is 9.88. The number of benzene rings is 1. The van der Waals surface area contributed by atoms with Gasteiger partial charge >= 0.3 is 0 Å². The van der Waals surface area contributed by atoms with Crippen LogP contribution in [0, 0.1) is 11.3 Å². The molecule has 4 heteroatoms. The first kappa shape index (κ1) is 16.9. The van der Waals surface area contributed by atoms with E-state index in [1.165, 1.54) is 31.2 Å². The van der Waals surface area contributed by atoms with E-state index >= 15 is 0 Å². The van der Waals surface area contributed by atoms with E-state index in [-0.39, 0.29) is 0 Å². The quantitative estimate of drug-likeness (QED) is 0.639. The van der Waals surface area contributed by atoms with E-state index in [0.29, 0.717) is 29.5 Å². The fraction of sp³-hybridized carbons (Fsp3) is 0.667. The van der Waals surface area contributed by atoms with Crippen LogP contribution in [-0.2, 0) is 11.2 Å². The van der Waals surface area contributed by atoms with Crippen LogP contribution in [0.5, 0.6) is 0 Å². The van der Waals surface area contributed by atoms with Gasteiger partial charge in [0.25, 0.3) is 0 Å². The molecule has 1 spiro atoms. The van der Waals surface area contributed by atoms with Gasteiger partial charge in [-0.1, -0.05) is 36.8 Å². The molecule has 1 saturated heterocycles. The van der Waals surface area contributed by atoms with Crippen molar-refractivity contribution in [2.45, 2.75) is 63.6 Å². The van der Waals surface area contributed by atoms with Gasteiger partial charge in [0.2, 0.25) is 0 Å². The molecule has 1 aliphatic heterocycles. The number of hydrogen-bond acceptors (Lipinski definition) is 2. The van der Waals surface area contributed by atoms with Crippen LogP contribution in [0.4, 0.5) is 0 Å². The number of aryl methyl sites for hydroxylation is 1. The maximum absolute atomic E-state index is 6.02. The smallest absolute Gasteiger partial charge is 0.191 e. The lowest BCUT2D eigenvalue weighted by atomic mass is 9.46. The topological polar surface area (TPSA) is 45.7 Å². The maximum Gasteiger partial charge on any atom is 0.191 e. The van der Waals surface area contributed by atoms with Crippen molar-refractivity contribution in [1.82, 2.24) is 10.6 Å². The molecule has 4 rings (SSSR count).